The maximum absolute atomic E-state index is 12.6. The van der Waals surface area contributed by atoms with Crippen LogP contribution in [-0.4, -0.2) is 64.0 Å². The molecule has 1 aromatic carbocycles. The van der Waals surface area contributed by atoms with Crippen molar-refractivity contribution in [1.82, 2.24) is 4.90 Å². The van der Waals surface area contributed by atoms with E-state index < -0.39 is 15.6 Å². The Kier molecular flexibility index (Phi) is 6.94. The van der Waals surface area contributed by atoms with Crippen LogP contribution in [-0.2, 0) is 14.6 Å². The van der Waals surface area contributed by atoms with Crippen molar-refractivity contribution in [2.24, 2.45) is 5.92 Å². The van der Waals surface area contributed by atoms with Crippen LogP contribution in [0.1, 0.15) is 33.1 Å². The second-order valence-electron chi connectivity index (χ2n) is 8.04. The Morgan fingerprint density at radius 1 is 1.07 bits per heavy atom. The molecule has 0 bridgehead atoms. The SMILES string of the molecule is CC1CN(CCC2CCN(c3ccc(S(=O)(=O)C(F)F)cc3)CC2)CC(C)O1. The van der Waals surface area contributed by atoms with Gasteiger partial charge in [0.25, 0.3) is 0 Å². The standard InChI is InChI=1S/C20H30F2N2O3S/c1-15-13-23(14-16(2)27-15)10-7-17-8-11-24(12-9-17)18-3-5-19(6-4-18)28(25,26)20(21)22/h3-6,15-17,20H,7-14H2,1-2H3. The van der Waals surface area contributed by atoms with Gasteiger partial charge in [0, 0.05) is 31.9 Å². The Balaban J connectivity index is 1.47. The number of sulfone groups is 1. The fourth-order valence-corrected chi connectivity index (χ4v) is 4.98. The normalized spacial score (nSPS) is 25.4. The minimum absolute atomic E-state index is 0.294. The van der Waals surface area contributed by atoms with Gasteiger partial charge in [-0.2, -0.15) is 8.78 Å². The van der Waals surface area contributed by atoms with E-state index in [1.54, 1.807) is 12.1 Å². The smallest absolute Gasteiger partial charge is 0.341 e. The van der Waals surface area contributed by atoms with E-state index in [4.69, 9.17) is 4.74 Å². The molecule has 0 radical (unpaired) electrons. The van der Waals surface area contributed by atoms with Crippen molar-refractivity contribution in [3.05, 3.63) is 24.3 Å². The average molecular weight is 417 g/mol. The van der Waals surface area contributed by atoms with Gasteiger partial charge in [-0.1, -0.05) is 0 Å². The summed E-state index contributed by atoms with van der Waals surface area (Å²) < 4.78 is 54.1. The van der Waals surface area contributed by atoms with Crippen molar-refractivity contribution in [3.8, 4) is 0 Å². The van der Waals surface area contributed by atoms with E-state index in [0.717, 1.165) is 51.3 Å². The Bertz CT molecular complexity index is 724. The van der Waals surface area contributed by atoms with Crippen LogP contribution < -0.4 is 4.90 Å². The molecule has 3 rings (SSSR count). The Morgan fingerprint density at radius 3 is 2.18 bits per heavy atom. The van der Waals surface area contributed by atoms with Crippen LogP contribution in [0.4, 0.5) is 14.5 Å². The molecule has 158 valence electrons. The first-order valence-corrected chi connectivity index (χ1v) is 11.5. The van der Waals surface area contributed by atoms with E-state index in [-0.39, 0.29) is 4.90 Å². The van der Waals surface area contributed by atoms with Gasteiger partial charge in [0.1, 0.15) is 0 Å². The Morgan fingerprint density at radius 2 is 1.64 bits per heavy atom. The molecule has 0 N–H and O–H groups in total. The summed E-state index contributed by atoms with van der Waals surface area (Å²) in [6.07, 6.45) is 3.95. The first-order chi connectivity index (χ1) is 13.3. The molecule has 2 atom stereocenters. The molecule has 1 aromatic rings. The number of alkyl halides is 2. The van der Waals surface area contributed by atoms with Crippen LogP contribution in [0, 0.1) is 5.92 Å². The average Bonchev–Trinajstić information content (AvgIpc) is 2.66. The largest absolute Gasteiger partial charge is 0.373 e. The zero-order valence-corrected chi connectivity index (χ0v) is 17.4. The monoisotopic (exact) mass is 416 g/mol. The number of halogens is 2. The van der Waals surface area contributed by atoms with Gasteiger partial charge < -0.3 is 9.64 Å². The highest BCUT2D eigenvalue weighted by Gasteiger charge is 2.27. The maximum atomic E-state index is 12.6. The molecule has 0 saturated carbocycles. The molecule has 2 heterocycles. The van der Waals surface area contributed by atoms with Gasteiger partial charge in [0.15, 0.2) is 0 Å². The van der Waals surface area contributed by atoms with Gasteiger partial charge in [-0.15, -0.1) is 0 Å². The van der Waals surface area contributed by atoms with Crippen molar-refractivity contribution in [2.75, 3.05) is 37.6 Å². The molecule has 2 aliphatic rings. The molecule has 0 aromatic heterocycles. The first kappa shape index (κ1) is 21.5. The molecule has 5 nitrogen and oxygen atoms in total. The molecule has 8 heteroatoms. The lowest BCUT2D eigenvalue weighted by molar-refractivity contribution is -0.0690. The van der Waals surface area contributed by atoms with Gasteiger partial charge >= 0.3 is 5.76 Å². The number of piperidine rings is 1. The lowest BCUT2D eigenvalue weighted by atomic mass is 9.93. The van der Waals surface area contributed by atoms with Crippen LogP contribution in [0.25, 0.3) is 0 Å². The maximum Gasteiger partial charge on any atom is 0.341 e. The Labute approximate surface area is 166 Å². The third-order valence-electron chi connectivity index (χ3n) is 5.73. The summed E-state index contributed by atoms with van der Waals surface area (Å²) in [4.78, 5) is 4.37. The molecule has 28 heavy (non-hydrogen) atoms. The van der Waals surface area contributed by atoms with E-state index in [1.165, 1.54) is 18.6 Å². The van der Waals surface area contributed by atoms with Gasteiger partial charge in [-0.3, -0.25) is 4.90 Å². The molecule has 2 fully saturated rings. The summed E-state index contributed by atoms with van der Waals surface area (Å²) in [5.41, 5.74) is 0.891. The van der Waals surface area contributed by atoms with Crippen molar-refractivity contribution in [3.63, 3.8) is 0 Å². The van der Waals surface area contributed by atoms with E-state index in [2.05, 4.69) is 23.6 Å². The summed E-state index contributed by atoms with van der Waals surface area (Å²) in [6.45, 7) is 9.15. The minimum Gasteiger partial charge on any atom is -0.373 e. The third-order valence-corrected chi connectivity index (χ3v) is 7.13. The zero-order chi connectivity index (χ0) is 20.3. The van der Waals surface area contributed by atoms with Crippen LogP contribution in [0.3, 0.4) is 0 Å². The van der Waals surface area contributed by atoms with Crippen LogP contribution >= 0.6 is 0 Å². The number of ether oxygens (including phenoxy) is 1. The third kappa shape index (κ3) is 5.21. The van der Waals surface area contributed by atoms with E-state index in [1.807, 2.05) is 0 Å². The number of nitrogens with zero attached hydrogens (tertiary/aromatic N) is 2. The molecule has 2 saturated heterocycles. The first-order valence-electron chi connectivity index (χ1n) is 10.0. The molecule has 2 unspecified atom stereocenters. The van der Waals surface area contributed by atoms with Gasteiger partial charge in [-0.25, -0.2) is 8.42 Å². The highest BCUT2D eigenvalue weighted by molar-refractivity contribution is 7.91. The van der Waals surface area contributed by atoms with Gasteiger partial charge in [0.05, 0.1) is 17.1 Å². The summed E-state index contributed by atoms with van der Waals surface area (Å²) in [6, 6.07) is 5.82. The lowest BCUT2D eigenvalue weighted by Crippen LogP contribution is -2.46. The van der Waals surface area contributed by atoms with Crippen LogP contribution in [0.2, 0.25) is 0 Å². The van der Waals surface area contributed by atoms with Crippen molar-refractivity contribution in [2.45, 2.75) is 56.0 Å². The molecular formula is C20H30F2N2O3S. The fraction of sp³-hybridized carbons (Fsp3) is 0.700. The second kappa shape index (κ2) is 9.05. The molecule has 2 aliphatic heterocycles. The summed E-state index contributed by atoms with van der Waals surface area (Å²) in [7, 11) is -4.52. The highest BCUT2D eigenvalue weighted by Crippen LogP contribution is 2.27. The number of hydrogen-bond donors (Lipinski definition) is 0. The fourth-order valence-electron chi connectivity index (χ4n) is 4.26. The van der Waals surface area contributed by atoms with Crippen LogP contribution in [0.15, 0.2) is 29.2 Å². The number of rotatable bonds is 6. The summed E-state index contributed by atoms with van der Waals surface area (Å²) in [5.74, 6) is -2.70. The van der Waals surface area contributed by atoms with Gasteiger partial charge in [0.2, 0.25) is 9.84 Å². The topological polar surface area (TPSA) is 49.9 Å². The molecule has 0 aliphatic carbocycles. The summed E-state index contributed by atoms with van der Waals surface area (Å²) >= 11 is 0. The minimum atomic E-state index is -4.52. The number of benzene rings is 1. The van der Waals surface area contributed by atoms with Crippen molar-refractivity contribution < 1.29 is 21.9 Å². The van der Waals surface area contributed by atoms with E-state index >= 15 is 0 Å². The summed E-state index contributed by atoms with van der Waals surface area (Å²) in [5, 5.41) is 0. The van der Waals surface area contributed by atoms with E-state index in [0.29, 0.717) is 18.1 Å². The van der Waals surface area contributed by atoms with Crippen molar-refractivity contribution >= 4 is 15.5 Å². The highest BCUT2D eigenvalue weighted by atomic mass is 32.2. The van der Waals surface area contributed by atoms with Crippen LogP contribution in [0.5, 0.6) is 0 Å². The molecule has 0 amide bonds. The lowest BCUT2D eigenvalue weighted by Gasteiger charge is -2.37. The quantitative estimate of drug-likeness (QED) is 0.711. The Hall–Kier alpha value is -1.25. The van der Waals surface area contributed by atoms with Gasteiger partial charge in [-0.05, 0) is 69.8 Å². The predicted molar refractivity (Wildman–Crippen MR) is 106 cm³/mol. The second-order valence-corrected chi connectivity index (χ2v) is 9.95. The zero-order valence-electron chi connectivity index (χ0n) is 16.6. The molecular weight excluding hydrogens is 386 g/mol. The number of anilines is 1. The number of morpholine rings is 1. The van der Waals surface area contributed by atoms with Crippen molar-refractivity contribution in [1.29, 1.82) is 0 Å². The number of hydrogen-bond acceptors (Lipinski definition) is 5. The predicted octanol–water partition coefficient (Wildman–Crippen LogP) is 3.40. The molecule has 0 spiro atoms. The van der Waals surface area contributed by atoms with E-state index in [9.17, 15) is 17.2 Å².